The van der Waals surface area contributed by atoms with E-state index in [0.29, 0.717) is 5.75 Å². The van der Waals surface area contributed by atoms with E-state index in [1.807, 2.05) is 36.4 Å². The zero-order valence-corrected chi connectivity index (χ0v) is 15.9. The van der Waals surface area contributed by atoms with Crippen LogP contribution >= 0.6 is 23.1 Å². The first kappa shape index (κ1) is 16.4. The maximum atomic E-state index is 12.7. The maximum absolute atomic E-state index is 12.7. The highest BCUT2D eigenvalue weighted by Gasteiger charge is 2.18. The van der Waals surface area contributed by atoms with Crippen molar-refractivity contribution in [3.8, 4) is 0 Å². The molecule has 0 aliphatic heterocycles. The fourth-order valence-electron chi connectivity index (χ4n) is 3.23. The number of ketones is 1. The molecule has 0 N–H and O–H groups in total. The van der Waals surface area contributed by atoms with Crippen LogP contribution < -0.4 is 0 Å². The molecule has 0 radical (unpaired) electrons. The lowest BCUT2D eigenvalue weighted by atomic mass is 10.2. The Morgan fingerprint density at radius 3 is 2.80 bits per heavy atom. The molecular formula is C18H18N4OS2. The average molecular weight is 371 g/mol. The van der Waals surface area contributed by atoms with E-state index in [1.165, 1.54) is 16.5 Å². The third-order valence-corrected chi connectivity index (χ3v) is 6.37. The minimum absolute atomic E-state index is 0.133. The summed E-state index contributed by atoms with van der Waals surface area (Å²) in [5.41, 5.74) is 4.06. The number of thioether (sulfide) groups is 1. The Labute approximate surface area is 153 Å². The lowest BCUT2D eigenvalue weighted by molar-refractivity contribution is 0.102. The van der Waals surface area contributed by atoms with Gasteiger partial charge in [0.25, 0.3) is 0 Å². The van der Waals surface area contributed by atoms with Gasteiger partial charge >= 0.3 is 0 Å². The molecule has 0 aliphatic carbocycles. The third-order valence-electron chi connectivity index (χ3n) is 4.43. The quantitative estimate of drug-likeness (QED) is 0.387. The van der Waals surface area contributed by atoms with E-state index in [4.69, 9.17) is 0 Å². The van der Waals surface area contributed by atoms with Crippen LogP contribution in [0.3, 0.4) is 0 Å². The molecule has 3 aromatic heterocycles. The molecule has 0 spiro atoms. The van der Waals surface area contributed by atoms with Gasteiger partial charge in [0.15, 0.2) is 10.9 Å². The Balaban J connectivity index is 1.61. The molecule has 4 aromatic rings. The van der Waals surface area contributed by atoms with Crippen LogP contribution in [0.5, 0.6) is 0 Å². The van der Waals surface area contributed by atoms with Crippen molar-refractivity contribution in [1.82, 2.24) is 19.2 Å². The molecule has 1 aromatic carbocycles. The Kier molecular flexibility index (Phi) is 4.13. The van der Waals surface area contributed by atoms with Gasteiger partial charge in [-0.15, -0.1) is 10.2 Å². The van der Waals surface area contributed by atoms with Crippen molar-refractivity contribution in [1.29, 1.82) is 0 Å². The number of fused-ring (bicyclic) bond motifs is 3. The summed E-state index contributed by atoms with van der Waals surface area (Å²) in [5.74, 6) is 0.494. The van der Waals surface area contributed by atoms with Crippen molar-refractivity contribution in [2.75, 3.05) is 5.75 Å². The number of Topliss-reactive ketones (excluding diaryl/α,β-unsaturated/α-hetero) is 1. The molecule has 0 atom stereocenters. The first-order valence-corrected chi connectivity index (χ1v) is 9.95. The Bertz CT molecular complexity index is 1090. The fraction of sp³-hybridized carbons (Fsp3) is 0.278. The Hall–Kier alpha value is -2.12. The molecule has 0 saturated carbocycles. The summed E-state index contributed by atoms with van der Waals surface area (Å²) in [4.78, 5) is 13.6. The van der Waals surface area contributed by atoms with E-state index in [0.717, 1.165) is 39.1 Å². The zero-order chi connectivity index (χ0) is 17.6. The van der Waals surface area contributed by atoms with Crippen molar-refractivity contribution in [2.24, 2.45) is 0 Å². The van der Waals surface area contributed by atoms with Crippen LogP contribution in [0.2, 0.25) is 0 Å². The van der Waals surface area contributed by atoms with Crippen LogP contribution in [0.25, 0.3) is 15.2 Å². The highest BCUT2D eigenvalue weighted by molar-refractivity contribution is 7.99. The maximum Gasteiger partial charge on any atom is 0.217 e. The van der Waals surface area contributed by atoms with E-state index in [9.17, 15) is 4.79 Å². The molecule has 0 amide bonds. The number of aryl methyl sites for hydroxylation is 1. The molecule has 0 saturated heterocycles. The smallest absolute Gasteiger partial charge is 0.217 e. The summed E-state index contributed by atoms with van der Waals surface area (Å²) in [6, 6.07) is 10.1. The van der Waals surface area contributed by atoms with Crippen molar-refractivity contribution in [2.45, 2.75) is 32.5 Å². The monoisotopic (exact) mass is 370 g/mol. The number of hydrogen-bond donors (Lipinski definition) is 0. The minimum atomic E-state index is 0.133. The summed E-state index contributed by atoms with van der Waals surface area (Å²) in [6.07, 6.45) is 0. The number of hydrogen-bond acceptors (Lipinski definition) is 5. The first-order valence-electron chi connectivity index (χ1n) is 8.15. The number of carbonyl (C=O) groups is 1. The second-order valence-electron chi connectivity index (χ2n) is 5.91. The number of para-hydroxylation sites is 1. The molecule has 25 heavy (non-hydrogen) atoms. The summed E-state index contributed by atoms with van der Waals surface area (Å²) >= 11 is 3.06. The highest BCUT2D eigenvalue weighted by atomic mass is 32.2. The normalized spacial score (nSPS) is 11.6. The molecule has 4 rings (SSSR count). The van der Waals surface area contributed by atoms with Gasteiger partial charge in [0.05, 0.1) is 16.0 Å². The van der Waals surface area contributed by atoms with Crippen molar-refractivity contribution >= 4 is 44.1 Å². The van der Waals surface area contributed by atoms with E-state index >= 15 is 0 Å². The van der Waals surface area contributed by atoms with Crippen molar-refractivity contribution in [3.63, 3.8) is 0 Å². The van der Waals surface area contributed by atoms with Gasteiger partial charge in [-0.3, -0.25) is 9.20 Å². The lowest BCUT2D eigenvalue weighted by Gasteiger charge is -2.05. The summed E-state index contributed by atoms with van der Waals surface area (Å²) in [6.45, 7) is 7.03. The minimum Gasteiger partial charge on any atom is -0.349 e. The second kappa shape index (κ2) is 6.31. The molecule has 0 aliphatic rings. The predicted molar refractivity (Wildman–Crippen MR) is 103 cm³/mol. The van der Waals surface area contributed by atoms with Gasteiger partial charge in [-0.25, -0.2) is 0 Å². The van der Waals surface area contributed by atoms with Gasteiger partial charge < -0.3 is 4.57 Å². The first-order chi connectivity index (χ1) is 12.1. The number of nitrogens with zero attached hydrogens (tertiary/aromatic N) is 4. The number of thiazole rings is 1. The standard InChI is InChI=1S/C18H18N4OS2/c1-4-21-11(2)9-13(12(21)3)15(23)10-24-17-19-20-18-22(17)14-7-5-6-8-16(14)25-18/h5-9H,4,10H2,1-3H3. The van der Waals surface area contributed by atoms with Crippen molar-refractivity contribution in [3.05, 3.63) is 47.3 Å². The Morgan fingerprint density at radius 1 is 1.24 bits per heavy atom. The van der Waals surface area contributed by atoms with Gasteiger partial charge in [-0.1, -0.05) is 35.2 Å². The van der Waals surface area contributed by atoms with Crippen molar-refractivity contribution < 1.29 is 4.79 Å². The summed E-state index contributed by atoms with van der Waals surface area (Å²) < 4.78 is 5.37. The van der Waals surface area contributed by atoms with E-state index in [1.54, 1.807) is 11.3 Å². The van der Waals surface area contributed by atoms with E-state index in [-0.39, 0.29) is 5.78 Å². The average Bonchev–Trinajstić information content (AvgIpc) is 3.25. The SMILES string of the molecule is CCn1c(C)cc(C(=O)CSc2nnc3sc4ccccc4n23)c1C. The van der Waals surface area contributed by atoms with Crippen LogP contribution in [0.1, 0.15) is 28.7 Å². The summed E-state index contributed by atoms with van der Waals surface area (Å²) in [5, 5.41) is 9.28. The third kappa shape index (κ3) is 2.67. The highest BCUT2D eigenvalue weighted by Crippen LogP contribution is 2.30. The van der Waals surface area contributed by atoms with Gasteiger partial charge in [0, 0.05) is 23.5 Å². The molecule has 5 nitrogen and oxygen atoms in total. The molecule has 3 heterocycles. The molecular weight excluding hydrogens is 352 g/mol. The predicted octanol–water partition coefficient (Wildman–Crippen LogP) is 4.36. The van der Waals surface area contributed by atoms with Crippen LogP contribution in [0.4, 0.5) is 0 Å². The molecule has 7 heteroatoms. The molecule has 0 fully saturated rings. The van der Waals surface area contributed by atoms with Gasteiger partial charge in [-0.05, 0) is 39.0 Å². The van der Waals surface area contributed by atoms with Crippen LogP contribution in [0, 0.1) is 13.8 Å². The van der Waals surface area contributed by atoms with Crippen LogP contribution in [-0.4, -0.2) is 30.7 Å². The number of aromatic nitrogens is 4. The topological polar surface area (TPSA) is 52.2 Å². The van der Waals surface area contributed by atoms with Crippen LogP contribution in [0.15, 0.2) is 35.5 Å². The number of carbonyl (C=O) groups excluding carboxylic acids is 1. The molecule has 0 bridgehead atoms. The van der Waals surface area contributed by atoms with E-state index in [2.05, 4.69) is 33.8 Å². The molecule has 0 unspecified atom stereocenters. The van der Waals surface area contributed by atoms with Gasteiger partial charge in [0.1, 0.15) is 0 Å². The zero-order valence-electron chi connectivity index (χ0n) is 14.3. The van der Waals surface area contributed by atoms with Crippen LogP contribution in [-0.2, 0) is 6.54 Å². The largest absolute Gasteiger partial charge is 0.349 e. The second-order valence-corrected chi connectivity index (χ2v) is 7.86. The number of rotatable bonds is 5. The Morgan fingerprint density at radius 2 is 2.04 bits per heavy atom. The lowest BCUT2D eigenvalue weighted by Crippen LogP contribution is -2.06. The van der Waals surface area contributed by atoms with E-state index < -0.39 is 0 Å². The van der Waals surface area contributed by atoms with Gasteiger partial charge in [0.2, 0.25) is 4.96 Å². The van der Waals surface area contributed by atoms with Gasteiger partial charge in [-0.2, -0.15) is 0 Å². The number of benzene rings is 1. The summed E-state index contributed by atoms with van der Waals surface area (Å²) in [7, 11) is 0. The fourth-order valence-corrected chi connectivity index (χ4v) is 5.08. The molecule has 128 valence electrons.